The van der Waals surface area contributed by atoms with E-state index in [9.17, 15) is 4.79 Å². The lowest BCUT2D eigenvalue weighted by Crippen LogP contribution is -2.43. The molecule has 0 bridgehead atoms. The van der Waals surface area contributed by atoms with E-state index in [2.05, 4.69) is 42.4 Å². The molecular formula is C24H26BrClN4O2S. The molecule has 9 heteroatoms. The summed E-state index contributed by atoms with van der Waals surface area (Å²) in [6, 6.07) is 15.7. The molecule has 33 heavy (non-hydrogen) atoms. The van der Waals surface area contributed by atoms with Crippen molar-refractivity contribution in [2.24, 2.45) is 5.92 Å². The van der Waals surface area contributed by atoms with Gasteiger partial charge in [-0.15, -0.1) is 0 Å². The van der Waals surface area contributed by atoms with Crippen molar-refractivity contribution < 1.29 is 9.32 Å². The zero-order valence-corrected chi connectivity index (χ0v) is 21.3. The van der Waals surface area contributed by atoms with Gasteiger partial charge < -0.3 is 9.84 Å². The summed E-state index contributed by atoms with van der Waals surface area (Å²) in [6.07, 6.45) is 1.89. The first kappa shape index (κ1) is 24.3. The number of carbonyl (C=O) groups is 1. The third kappa shape index (κ3) is 7.30. The van der Waals surface area contributed by atoms with Gasteiger partial charge in [0.1, 0.15) is 0 Å². The van der Waals surface area contributed by atoms with Gasteiger partial charge in [0.05, 0.1) is 12.5 Å². The number of halogens is 2. The molecule has 1 amide bonds. The number of aromatic nitrogens is 2. The predicted molar refractivity (Wildman–Crippen MR) is 136 cm³/mol. The Morgan fingerprint density at radius 3 is 3.00 bits per heavy atom. The summed E-state index contributed by atoms with van der Waals surface area (Å²) in [6.45, 7) is 2.85. The quantitative estimate of drug-likeness (QED) is 0.360. The zero-order valence-electron chi connectivity index (χ0n) is 18.2. The Labute approximate surface area is 211 Å². The van der Waals surface area contributed by atoms with Crippen molar-refractivity contribution in [2.75, 3.05) is 25.4 Å². The number of hydrogen-bond donors (Lipinski definition) is 1. The van der Waals surface area contributed by atoms with Crippen molar-refractivity contribution in [3.05, 3.63) is 69.5 Å². The average molecular weight is 550 g/mol. The number of nitrogens with one attached hydrogen (secondary N) is 1. The lowest BCUT2D eigenvalue weighted by atomic mass is 9.97. The molecule has 6 nitrogen and oxygen atoms in total. The highest BCUT2D eigenvalue weighted by molar-refractivity contribution is 9.10. The molecule has 1 fully saturated rings. The molecule has 1 aromatic heterocycles. The fourth-order valence-corrected chi connectivity index (χ4v) is 5.29. The second kappa shape index (κ2) is 12.0. The Hall–Kier alpha value is -1.87. The number of nitrogens with zero attached hydrogens (tertiary/aromatic N) is 3. The fourth-order valence-electron chi connectivity index (χ4n) is 3.88. The van der Waals surface area contributed by atoms with Crippen LogP contribution in [0.25, 0.3) is 11.4 Å². The summed E-state index contributed by atoms with van der Waals surface area (Å²) >= 11 is 11.3. The maximum atomic E-state index is 12.7. The molecule has 1 N–H and O–H groups in total. The first-order valence-electron chi connectivity index (χ1n) is 11.0. The second-order valence-electron chi connectivity index (χ2n) is 8.07. The van der Waals surface area contributed by atoms with E-state index >= 15 is 0 Å². The Balaban J connectivity index is 1.20. The molecule has 0 radical (unpaired) electrons. The van der Waals surface area contributed by atoms with Crippen LogP contribution in [0.3, 0.4) is 0 Å². The van der Waals surface area contributed by atoms with Gasteiger partial charge in [0.15, 0.2) is 0 Å². The summed E-state index contributed by atoms with van der Waals surface area (Å²) in [5.41, 5.74) is 2.11. The number of piperidine rings is 1. The zero-order chi connectivity index (χ0) is 23.0. The maximum absolute atomic E-state index is 12.7. The predicted octanol–water partition coefficient (Wildman–Crippen LogP) is 5.41. The van der Waals surface area contributed by atoms with Gasteiger partial charge in [-0.3, -0.25) is 9.69 Å². The Morgan fingerprint density at radius 2 is 2.15 bits per heavy atom. The molecule has 0 saturated carbocycles. The number of likely N-dealkylation sites (tertiary alicyclic amines) is 1. The van der Waals surface area contributed by atoms with Gasteiger partial charge in [0, 0.05) is 39.7 Å². The highest BCUT2D eigenvalue weighted by Crippen LogP contribution is 2.22. The van der Waals surface area contributed by atoms with Crippen LogP contribution in [0.2, 0.25) is 5.02 Å². The van der Waals surface area contributed by atoms with Crippen LogP contribution in [0, 0.1) is 5.92 Å². The maximum Gasteiger partial charge on any atom is 0.241 e. The third-order valence-corrected chi connectivity index (χ3v) is 7.25. The lowest BCUT2D eigenvalue weighted by molar-refractivity contribution is -0.126. The summed E-state index contributed by atoms with van der Waals surface area (Å²) in [5.74, 6) is 3.03. The molecule has 1 aliphatic heterocycles. The van der Waals surface area contributed by atoms with E-state index in [1.165, 1.54) is 5.56 Å². The molecular weight excluding hydrogens is 524 g/mol. The number of benzene rings is 2. The minimum absolute atomic E-state index is 0.0100. The normalized spacial score (nSPS) is 16.6. The minimum atomic E-state index is -0.0100. The Bertz CT molecular complexity index is 1080. The lowest BCUT2D eigenvalue weighted by Gasteiger charge is -2.30. The molecule has 3 aromatic rings. The highest BCUT2D eigenvalue weighted by atomic mass is 79.9. The summed E-state index contributed by atoms with van der Waals surface area (Å²) < 4.78 is 6.43. The summed E-state index contributed by atoms with van der Waals surface area (Å²) in [5, 5.41) is 7.96. The SMILES string of the molecule is O=C(NCCSCc1cccc(Cl)c1)C1CCCN(Cc2nc(-c3cccc(Br)c3)no2)C1. The molecule has 0 spiro atoms. The van der Waals surface area contributed by atoms with E-state index in [1.807, 2.05) is 42.5 Å². The van der Waals surface area contributed by atoms with Crippen LogP contribution in [-0.2, 0) is 17.1 Å². The summed E-state index contributed by atoms with van der Waals surface area (Å²) in [4.78, 5) is 19.4. The molecule has 0 aliphatic carbocycles. The van der Waals surface area contributed by atoms with Crippen LogP contribution in [-0.4, -0.2) is 46.3 Å². The second-order valence-corrected chi connectivity index (χ2v) is 10.5. The minimum Gasteiger partial charge on any atom is -0.355 e. The number of hydrogen-bond acceptors (Lipinski definition) is 6. The van der Waals surface area contributed by atoms with Gasteiger partial charge >= 0.3 is 0 Å². The first-order chi connectivity index (χ1) is 16.1. The molecule has 2 aromatic carbocycles. The van der Waals surface area contributed by atoms with Crippen molar-refractivity contribution in [1.82, 2.24) is 20.4 Å². The fraction of sp³-hybridized carbons (Fsp3) is 0.375. The molecule has 1 atom stereocenters. The van der Waals surface area contributed by atoms with E-state index in [4.69, 9.17) is 16.1 Å². The van der Waals surface area contributed by atoms with Gasteiger partial charge in [-0.2, -0.15) is 16.7 Å². The number of carbonyl (C=O) groups excluding carboxylic acids is 1. The van der Waals surface area contributed by atoms with Crippen LogP contribution < -0.4 is 5.32 Å². The van der Waals surface area contributed by atoms with Crippen molar-refractivity contribution >= 4 is 45.2 Å². The van der Waals surface area contributed by atoms with Gasteiger partial charge in [0.25, 0.3) is 0 Å². The third-order valence-electron chi connectivity index (χ3n) is 5.49. The molecule has 174 valence electrons. The van der Waals surface area contributed by atoms with E-state index in [0.29, 0.717) is 31.3 Å². The standard InChI is InChI=1S/C24H26BrClN4O2S/c25-20-7-2-5-18(13-20)23-28-22(32-29-23)15-30-10-3-6-19(14-30)24(31)27-9-11-33-16-17-4-1-8-21(26)12-17/h1-2,4-5,7-8,12-13,19H,3,6,9-11,14-16H2,(H,27,31). The molecule has 1 aliphatic rings. The van der Waals surface area contributed by atoms with Crippen LogP contribution in [0.1, 0.15) is 24.3 Å². The van der Waals surface area contributed by atoms with Crippen LogP contribution in [0.4, 0.5) is 0 Å². The van der Waals surface area contributed by atoms with E-state index in [-0.39, 0.29) is 11.8 Å². The Morgan fingerprint density at radius 1 is 1.27 bits per heavy atom. The van der Waals surface area contributed by atoms with Gasteiger partial charge in [-0.25, -0.2) is 0 Å². The van der Waals surface area contributed by atoms with Crippen LogP contribution in [0.5, 0.6) is 0 Å². The van der Waals surface area contributed by atoms with E-state index < -0.39 is 0 Å². The first-order valence-corrected chi connectivity index (χ1v) is 13.3. The topological polar surface area (TPSA) is 71.3 Å². The monoisotopic (exact) mass is 548 g/mol. The number of amides is 1. The van der Waals surface area contributed by atoms with Gasteiger partial charge in [-0.05, 0) is 49.2 Å². The molecule has 1 saturated heterocycles. The smallest absolute Gasteiger partial charge is 0.241 e. The summed E-state index contributed by atoms with van der Waals surface area (Å²) in [7, 11) is 0. The molecule has 2 heterocycles. The molecule has 4 rings (SSSR count). The largest absolute Gasteiger partial charge is 0.355 e. The molecule has 1 unspecified atom stereocenters. The van der Waals surface area contributed by atoms with Gasteiger partial charge in [0.2, 0.25) is 17.6 Å². The van der Waals surface area contributed by atoms with Crippen molar-refractivity contribution in [1.29, 1.82) is 0 Å². The number of rotatable bonds is 9. The number of thioether (sulfide) groups is 1. The van der Waals surface area contributed by atoms with E-state index in [0.717, 1.165) is 46.0 Å². The van der Waals surface area contributed by atoms with Crippen molar-refractivity contribution in [3.63, 3.8) is 0 Å². The van der Waals surface area contributed by atoms with Crippen molar-refractivity contribution in [2.45, 2.75) is 25.1 Å². The van der Waals surface area contributed by atoms with Crippen LogP contribution >= 0.6 is 39.3 Å². The highest BCUT2D eigenvalue weighted by Gasteiger charge is 2.26. The van der Waals surface area contributed by atoms with Crippen LogP contribution in [0.15, 0.2) is 57.5 Å². The Kier molecular flexibility index (Phi) is 8.83. The van der Waals surface area contributed by atoms with E-state index in [1.54, 1.807) is 11.8 Å². The van der Waals surface area contributed by atoms with Gasteiger partial charge in [-0.1, -0.05) is 57.0 Å². The van der Waals surface area contributed by atoms with Crippen molar-refractivity contribution in [3.8, 4) is 11.4 Å². The average Bonchev–Trinajstić information content (AvgIpc) is 3.27.